The van der Waals surface area contributed by atoms with Gasteiger partial charge in [-0.05, 0) is 55.3 Å². The van der Waals surface area contributed by atoms with Gasteiger partial charge in [0, 0.05) is 11.1 Å². The normalized spacial score (nSPS) is 10.9. The van der Waals surface area contributed by atoms with E-state index >= 15 is 0 Å². The zero-order valence-corrected chi connectivity index (χ0v) is 16.2. The summed E-state index contributed by atoms with van der Waals surface area (Å²) in [4.78, 5) is 12.3. The molecule has 2 aromatic carbocycles. The maximum Gasteiger partial charge on any atom is 0.289 e. The van der Waals surface area contributed by atoms with Gasteiger partial charge in [-0.2, -0.15) is 10.2 Å². The van der Waals surface area contributed by atoms with E-state index in [9.17, 15) is 4.79 Å². The van der Waals surface area contributed by atoms with Crippen LogP contribution >= 0.6 is 0 Å². The molecule has 0 saturated heterocycles. The van der Waals surface area contributed by atoms with E-state index in [0.717, 1.165) is 5.56 Å². The Balaban J connectivity index is 1.71. The number of H-pyrrole nitrogens is 1. The molecular formula is C21H22N4O3. The van der Waals surface area contributed by atoms with E-state index in [-0.39, 0.29) is 5.91 Å². The first kappa shape index (κ1) is 19.2. The van der Waals surface area contributed by atoms with Crippen LogP contribution in [0, 0.1) is 13.8 Å². The first-order valence-corrected chi connectivity index (χ1v) is 8.70. The van der Waals surface area contributed by atoms with Gasteiger partial charge in [0.1, 0.15) is 17.2 Å². The number of amides is 1. The van der Waals surface area contributed by atoms with Crippen molar-refractivity contribution in [3.63, 3.8) is 0 Å². The van der Waals surface area contributed by atoms with Crippen molar-refractivity contribution in [1.29, 1.82) is 0 Å². The van der Waals surface area contributed by atoms with Crippen LogP contribution < -0.4 is 14.9 Å². The Morgan fingerprint density at radius 3 is 2.61 bits per heavy atom. The quantitative estimate of drug-likeness (QED) is 0.508. The van der Waals surface area contributed by atoms with Crippen LogP contribution in [0.4, 0.5) is 0 Å². The Hall–Kier alpha value is -3.61. The lowest BCUT2D eigenvalue weighted by molar-refractivity contribution is 0.0950. The molecule has 2 N–H and O–H groups in total. The lowest BCUT2D eigenvalue weighted by Gasteiger charge is -2.06. The minimum Gasteiger partial charge on any atom is -0.497 e. The standard InChI is InChI=1S/C21H22N4O3/c1-13-5-6-15(9-14(13)2)18-11-19(24-23-18)21(26)25-22-12-16-10-17(27-3)7-8-20(16)28-4/h5-12H,1-4H3,(H,23,24)(H,25,26)/b22-12+. The van der Waals surface area contributed by atoms with Gasteiger partial charge >= 0.3 is 0 Å². The van der Waals surface area contributed by atoms with Gasteiger partial charge in [0.2, 0.25) is 0 Å². The molecule has 0 aliphatic heterocycles. The Morgan fingerprint density at radius 2 is 1.89 bits per heavy atom. The molecule has 0 fully saturated rings. The summed E-state index contributed by atoms with van der Waals surface area (Å²) in [6.07, 6.45) is 1.50. The first-order valence-electron chi connectivity index (χ1n) is 8.70. The van der Waals surface area contributed by atoms with Crippen molar-refractivity contribution >= 4 is 12.1 Å². The summed E-state index contributed by atoms with van der Waals surface area (Å²) in [7, 11) is 3.15. The fourth-order valence-electron chi connectivity index (χ4n) is 2.65. The van der Waals surface area contributed by atoms with E-state index in [0.29, 0.717) is 28.5 Å². The smallest absolute Gasteiger partial charge is 0.289 e. The second-order valence-corrected chi connectivity index (χ2v) is 6.27. The maximum absolute atomic E-state index is 12.3. The number of aryl methyl sites for hydroxylation is 2. The number of hydrogen-bond acceptors (Lipinski definition) is 5. The summed E-state index contributed by atoms with van der Waals surface area (Å²) < 4.78 is 10.5. The molecular weight excluding hydrogens is 356 g/mol. The Bertz CT molecular complexity index is 1020. The molecule has 1 amide bonds. The van der Waals surface area contributed by atoms with Crippen LogP contribution in [0.25, 0.3) is 11.3 Å². The molecule has 0 bridgehead atoms. The third-order valence-electron chi connectivity index (χ3n) is 4.43. The Kier molecular flexibility index (Phi) is 5.74. The highest BCUT2D eigenvalue weighted by Crippen LogP contribution is 2.22. The molecule has 0 saturated carbocycles. The third-order valence-corrected chi connectivity index (χ3v) is 4.43. The molecule has 3 aromatic rings. The second-order valence-electron chi connectivity index (χ2n) is 6.27. The molecule has 7 heteroatoms. The highest BCUT2D eigenvalue weighted by molar-refractivity contribution is 5.94. The van der Waals surface area contributed by atoms with Gasteiger partial charge in [-0.25, -0.2) is 5.43 Å². The molecule has 3 rings (SSSR count). The lowest BCUT2D eigenvalue weighted by atomic mass is 10.0. The molecule has 1 heterocycles. The van der Waals surface area contributed by atoms with Crippen LogP contribution in [0.2, 0.25) is 0 Å². The number of rotatable bonds is 6. The van der Waals surface area contributed by atoms with E-state index in [1.807, 2.05) is 25.1 Å². The van der Waals surface area contributed by atoms with Gasteiger partial charge in [-0.15, -0.1) is 0 Å². The minimum atomic E-state index is -0.388. The number of ether oxygens (including phenoxy) is 2. The Morgan fingerprint density at radius 1 is 1.07 bits per heavy atom. The summed E-state index contributed by atoms with van der Waals surface area (Å²) in [5.41, 5.74) is 7.52. The van der Waals surface area contributed by atoms with E-state index in [1.165, 1.54) is 17.3 Å². The predicted octanol–water partition coefficient (Wildman–Crippen LogP) is 3.47. The SMILES string of the molecule is COc1ccc(OC)c(/C=N/NC(=O)c2cc(-c3ccc(C)c(C)c3)n[nH]2)c1. The van der Waals surface area contributed by atoms with E-state index in [4.69, 9.17) is 9.47 Å². The monoisotopic (exact) mass is 378 g/mol. The fraction of sp³-hybridized carbons (Fsp3) is 0.190. The molecule has 0 unspecified atom stereocenters. The number of carbonyl (C=O) groups excluding carboxylic acids is 1. The van der Waals surface area contributed by atoms with Gasteiger partial charge in [0.15, 0.2) is 0 Å². The third kappa shape index (κ3) is 4.20. The van der Waals surface area contributed by atoms with Crippen molar-refractivity contribution in [2.45, 2.75) is 13.8 Å². The lowest BCUT2D eigenvalue weighted by Crippen LogP contribution is -2.18. The average Bonchev–Trinajstić information content (AvgIpc) is 3.20. The predicted molar refractivity (Wildman–Crippen MR) is 108 cm³/mol. The number of carbonyl (C=O) groups is 1. The summed E-state index contributed by atoms with van der Waals surface area (Å²) >= 11 is 0. The molecule has 1 aromatic heterocycles. The summed E-state index contributed by atoms with van der Waals surface area (Å²) in [5, 5.41) is 11.0. The van der Waals surface area contributed by atoms with Crippen molar-refractivity contribution < 1.29 is 14.3 Å². The molecule has 0 aliphatic carbocycles. The second kappa shape index (κ2) is 8.39. The van der Waals surface area contributed by atoms with Crippen LogP contribution in [0.5, 0.6) is 11.5 Å². The topological polar surface area (TPSA) is 88.6 Å². The van der Waals surface area contributed by atoms with Crippen LogP contribution in [0.1, 0.15) is 27.2 Å². The number of methoxy groups -OCH3 is 2. The molecule has 0 atom stereocenters. The number of nitrogens with zero attached hydrogens (tertiary/aromatic N) is 2. The number of benzene rings is 2. The van der Waals surface area contributed by atoms with Crippen molar-refractivity contribution in [3.05, 3.63) is 64.8 Å². The van der Waals surface area contributed by atoms with E-state index in [1.54, 1.807) is 38.5 Å². The molecule has 0 spiro atoms. The van der Waals surface area contributed by atoms with Gasteiger partial charge in [0.25, 0.3) is 5.91 Å². The van der Waals surface area contributed by atoms with Crippen LogP contribution in [-0.2, 0) is 0 Å². The largest absolute Gasteiger partial charge is 0.497 e. The molecule has 7 nitrogen and oxygen atoms in total. The Labute approximate surface area is 163 Å². The van der Waals surface area contributed by atoms with Crippen molar-refractivity contribution in [2.75, 3.05) is 14.2 Å². The average molecular weight is 378 g/mol. The van der Waals surface area contributed by atoms with Crippen molar-refractivity contribution in [1.82, 2.24) is 15.6 Å². The summed E-state index contributed by atoms with van der Waals surface area (Å²) in [6, 6.07) is 13.1. The number of nitrogens with one attached hydrogen (secondary N) is 2. The molecule has 144 valence electrons. The van der Waals surface area contributed by atoms with Crippen LogP contribution in [0.3, 0.4) is 0 Å². The van der Waals surface area contributed by atoms with Gasteiger partial charge in [-0.3, -0.25) is 9.89 Å². The zero-order chi connectivity index (χ0) is 20.1. The first-order chi connectivity index (χ1) is 13.5. The van der Waals surface area contributed by atoms with Gasteiger partial charge in [0.05, 0.1) is 26.1 Å². The van der Waals surface area contributed by atoms with Crippen molar-refractivity contribution in [2.24, 2.45) is 5.10 Å². The summed E-state index contributed by atoms with van der Waals surface area (Å²) in [5.74, 6) is 0.901. The highest BCUT2D eigenvalue weighted by atomic mass is 16.5. The summed E-state index contributed by atoms with van der Waals surface area (Å²) in [6.45, 7) is 4.10. The maximum atomic E-state index is 12.3. The molecule has 0 radical (unpaired) electrons. The molecule has 28 heavy (non-hydrogen) atoms. The fourth-order valence-corrected chi connectivity index (χ4v) is 2.65. The van der Waals surface area contributed by atoms with E-state index < -0.39 is 0 Å². The minimum absolute atomic E-state index is 0.322. The number of aromatic amines is 1. The number of hydrazone groups is 1. The van der Waals surface area contributed by atoms with E-state index in [2.05, 4.69) is 27.6 Å². The highest BCUT2D eigenvalue weighted by Gasteiger charge is 2.11. The number of hydrogen-bond donors (Lipinski definition) is 2. The van der Waals surface area contributed by atoms with Gasteiger partial charge in [-0.1, -0.05) is 12.1 Å². The van der Waals surface area contributed by atoms with Crippen LogP contribution in [-0.4, -0.2) is 36.5 Å². The number of aromatic nitrogens is 2. The molecule has 0 aliphatic rings. The zero-order valence-electron chi connectivity index (χ0n) is 16.2. The van der Waals surface area contributed by atoms with Crippen molar-refractivity contribution in [3.8, 4) is 22.8 Å². The van der Waals surface area contributed by atoms with Gasteiger partial charge < -0.3 is 9.47 Å². The van der Waals surface area contributed by atoms with Crippen LogP contribution in [0.15, 0.2) is 47.6 Å².